The van der Waals surface area contributed by atoms with Gasteiger partial charge in [-0.1, -0.05) is 24.3 Å². The molecule has 1 aliphatic heterocycles. The van der Waals surface area contributed by atoms with E-state index >= 15 is 0 Å². The lowest BCUT2D eigenvalue weighted by molar-refractivity contribution is 0.0662. The number of aromatic hydroxyl groups is 1. The predicted molar refractivity (Wildman–Crippen MR) is 114 cm³/mol. The van der Waals surface area contributed by atoms with Crippen LogP contribution in [0.5, 0.6) is 5.75 Å². The highest BCUT2D eigenvalue weighted by Gasteiger charge is 2.25. The van der Waals surface area contributed by atoms with Crippen LogP contribution in [0.1, 0.15) is 40.9 Å². The quantitative estimate of drug-likeness (QED) is 0.671. The van der Waals surface area contributed by atoms with Crippen molar-refractivity contribution in [1.29, 1.82) is 0 Å². The number of aromatic nitrogens is 2. The summed E-state index contributed by atoms with van der Waals surface area (Å²) in [6.07, 6.45) is 4.39. The summed E-state index contributed by atoms with van der Waals surface area (Å²) in [5.74, 6) is 0.764. The first-order valence-electron chi connectivity index (χ1n) is 10.3. The third-order valence-corrected chi connectivity index (χ3v) is 5.86. The maximum absolute atomic E-state index is 13.0. The van der Waals surface area contributed by atoms with Crippen molar-refractivity contribution in [2.75, 3.05) is 13.1 Å². The topological polar surface area (TPSA) is 69.2 Å². The second-order valence-corrected chi connectivity index (χ2v) is 7.94. The smallest absolute Gasteiger partial charge is 0.271 e. The third-order valence-electron chi connectivity index (χ3n) is 5.86. The molecular weight excluding hydrogens is 362 g/mol. The van der Waals surface area contributed by atoms with E-state index < -0.39 is 0 Å². The lowest BCUT2D eigenvalue weighted by Gasteiger charge is -2.32. The lowest BCUT2D eigenvalue weighted by Crippen LogP contribution is -2.40. The van der Waals surface area contributed by atoms with Crippen LogP contribution in [0.3, 0.4) is 0 Å². The molecule has 5 nitrogen and oxygen atoms in total. The Labute approximate surface area is 171 Å². The Morgan fingerprint density at radius 2 is 2.00 bits per heavy atom. The van der Waals surface area contributed by atoms with E-state index in [0.29, 0.717) is 17.3 Å². The number of phenolic OH excluding ortho intramolecular Hbond substituents is 1. The minimum atomic E-state index is 0.0168. The molecule has 0 aliphatic carbocycles. The molecule has 29 heavy (non-hydrogen) atoms. The second kappa shape index (κ2) is 8.52. The predicted octanol–water partition coefficient (Wildman–Crippen LogP) is 4.58. The van der Waals surface area contributed by atoms with Crippen LogP contribution in [-0.2, 0) is 6.42 Å². The molecule has 1 amide bonds. The summed E-state index contributed by atoms with van der Waals surface area (Å²) in [4.78, 5) is 14.9. The summed E-state index contributed by atoms with van der Waals surface area (Å²) in [6.45, 7) is 3.77. The Morgan fingerprint density at radius 1 is 1.21 bits per heavy atom. The molecule has 3 aromatic rings. The van der Waals surface area contributed by atoms with Crippen molar-refractivity contribution in [3.05, 3.63) is 71.4 Å². The number of hydrogen-bond donors (Lipinski definition) is 2. The summed E-state index contributed by atoms with van der Waals surface area (Å²) in [6, 6.07) is 17.2. The molecule has 1 atom stereocenters. The molecule has 2 heterocycles. The number of aromatic amines is 1. The van der Waals surface area contributed by atoms with Crippen LogP contribution in [0, 0.1) is 12.8 Å². The number of benzene rings is 2. The molecule has 5 heteroatoms. The maximum atomic E-state index is 13.0. The minimum Gasteiger partial charge on any atom is -0.508 e. The Hall–Kier alpha value is -3.08. The molecule has 1 aromatic heterocycles. The van der Waals surface area contributed by atoms with Crippen molar-refractivity contribution in [2.45, 2.75) is 32.6 Å². The number of likely N-dealkylation sites (tertiary alicyclic amines) is 1. The highest BCUT2D eigenvalue weighted by Crippen LogP contribution is 2.25. The monoisotopic (exact) mass is 389 g/mol. The average Bonchev–Trinajstić information content (AvgIpc) is 3.23. The van der Waals surface area contributed by atoms with Crippen LogP contribution < -0.4 is 0 Å². The molecule has 150 valence electrons. The SMILES string of the molecule is Cc1ccccc1CC[C@@H]1CCCN(C(=O)c2cc(-c3ccc(O)cc3)n[nH]2)C1. The molecule has 0 unspecified atom stereocenters. The molecule has 1 aliphatic rings. The van der Waals surface area contributed by atoms with Gasteiger partial charge in [0.15, 0.2) is 0 Å². The highest BCUT2D eigenvalue weighted by molar-refractivity contribution is 5.93. The van der Waals surface area contributed by atoms with Crippen molar-refractivity contribution in [3.8, 4) is 17.0 Å². The molecule has 2 aromatic carbocycles. The zero-order valence-corrected chi connectivity index (χ0v) is 16.8. The van der Waals surface area contributed by atoms with Gasteiger partial charge in [0, 0.05) is 18.7 Å². The fourth-order valence-corrected chi connectivity index (χ4v) is 4.12. The van der Waals surface area contributed by atoms with Gasteiger partial charge >= 0.3 is 0 Å². The highest BCUT2D eigenvalue weighted by atomic mass is 16.3. The molecule has 0 bridgehead atoms. The first-order chi connectivity index (χ1) is 14.1. The maximum Gasteiger partial charge on any atom is 0.271 e. The van der Waals surface area contributed by atoms with Crippen LogP contribution in [-0.4, -0.2) is 39.2 Å². The Balaban J connectivity index is 1.38. The van der Waals surface area contributed by atoms with Gasteiger partial charge in [-0.25, -0.2) is 0 Å². The Kier molecular flexibility index (Phi) is 5.65. The number of H-pyrrole nitrogens is 1. The van der Waals surface area contributed by atoms with Crippen molar-refractivity contribution < 1.29 is 9.90 Å². The fraction of sp³-hybridized carbons (Fsp3) is 0.333. The molecule has 0 spiro atoms. The van der Waals surface area contributed by atoms with E-state index in [1.165, 1.54) is 17.5 Å². The van der Waals surface area contributed by atoms with E-state index in [2.05, 4.69) is 41.4 Å². The summed E-state index contributed by atoms with van der Waals surface area (Å²) < 4.78 is 0. The van der Waals surface area contributed by atoms with Gasteiger partial charge in [-0.3, -0.25) is 9.89 Å². The van der Waals surface area contributed by atoms with Crippen molar-refractivity contribution >= 4 is 5.91 Å². The van der Waals surface area contributed by atoms with Gasteiger partial charge in [0.1, 0.15) is 11.4 Å². The molecule has 4 rings (SSSR count). The van der Waals surface area contributed by atoms with Gasteiger partial charge in [-0.2, -0.15) is 5.10 Å². The number of rotatable bonds is 5. The standard InChI is InChI=1S/C24H27N3O2/c1-17-5-2-3-7-19(17)9-8-18-6-4-14-27(16-18)24(29)23-15-22(25-26-23)20-10-12-21(28)13-11-20/h2-3,5,7,10-13,15,18,28H,4,6,8-9,14,16H2,1H3,(H,25,26)/t18-/m0/s1. The number of carbonyl (C=O) groups is 1. The van der Waals surface area contributed by atoms with E-state index in [9.17, 15) is 9.90 Å². The largest absolute Gasteiger partial charge is 0.508 e. The van der Waals surface area contributed by atoms with Crippen LogP contribution in [0.25, 0.3) is 11.3 Å². The zero-order chi connectivity index (χ0) is 20.2. The van der Waals surface area contributed by atoms with Crippen LogP contribution in [0.15, 0.2) is 54.6 Å². The second-order valence-electron chi connectivity index (χ2n) is 7.94. The number of hydrogen-bond acceptors (Lipinski definition) is 3. The van der Waals surface area contributed by atoms with Crippen molar-refractivity contribution in [1.82, 2.24) is 15.1 Å². The average molecular weight is 389 g/mol. The molecular formula is C24H27N3O2. The first-order valence-corrected chi connectivity index (χ1v) is 10.3. The third kappa shape index (κ3) is 4.50. The fourth-order valence-electron chi connectivity index (χ4n) is 4.12. The first kappa shape index (κ1) is 19.2. The van der Waals surface area contributed by atoms with E-state index in [-0.39, 0.29) is 11.7 Å². The van der Waals surface area contributed by atoms with E-state index in [1.54, 1.807) is 30.3 Å². The van der Waals surface area contributed by atoms with Crippen LogP contribution in [0.2, 0.25) is 0 Å². The van der Waals surface area contributed by atoms with Crippen molar-refractivity contribution in [2.24, 2.45) is 5.92 Å². The van der Waals surface area contributed by atoms with Gasteiger partial charge in [0.25, 0.3) is 5.91 Å². The number of aryl methyl sites for hydroxylation is 2. The number of amides is 1. The number of carbonyl (C=O) groups excluding carboxylic acids is 1. The number of phenols is 1. The molecule has 1 fully saturated rings. The molecule has 1 saturated heterocycles. The number of nitrogens with zero attached hydrogens (tertiary/aromatic N) is 2. The summed E-state index contributed by atoms with van der Waals surface area (Å²) in [5.41, 5.74) is 4.85. The number of piperidine rings is 1. The Bertz CT molecular complexity index is 978. The minimum absolute atomic E-state index is 0.0168. The van der Waals surface area contributed by atoms with Gasteiger partial charge in [-0.05, 0) is 80.0 Å². The lowest BCUT2D eigenvalue weighted by atomic mass is 9.90. The summed E-state index contributed by atoms with van der Waals surface area (Å²) >= 11 is 0. The summed E-state index contributed by atoms with van der Waals surface area (Å²) in [5, 5.41) is 16.6. The van der Waals surface area contributed by atoms with Crippen LogP contribution in [0.4, 0.5) is 0 Å². The van der Waals surface area contributed by atoms with E-state index in [0.717, 1.165) is 37.9 Å². The molecule has 2 N–H and O–H groups in total. The van der Waals surface area contributed by atoms with Gasteiger partial charge in [0.2, 0.25) is 0 Å². The normalized spacial score (nSPS) is 16.7. The molecule has 0 saturated carbocycles. The van der Waals surface area contributed by atoms with Gasteiger partial charge < -0.3 is 10.0 Å². The number of nitrogens with one attached hydrogen (secondary N) is 1. The van der Waals surface area contributed by atoms with Gasteiger partial charge in [0.05, 0.1) is 5.69 Å². The van der Waals surface area contributed by atoms with Crippen molar-refractivity contribution in [3.63, 3.8) is 0 Å². The van der Waals surface area contributed by atoms with E-state index in [1.807, 2.05) is 4.90 Å². The molecule has 0 radical (unpaired) electrons. The van der Waals surface area contributed by atoms with E-state index in [4.69, 9.17) is 0 Å². The van der Waals surface area contributed by atoms with Gasteiger partial charge in [-0.15, -0.1) is 0 Å². The Morgan fingerprint density at radius 3 is 2.79 bits per heavy atom. The summed E-state index contributed by atoms with van der Waals surface area (Å²) in [7, 11) is 0. The van der Waals surface area contributed by atoms with Crippen LogP contribution >= 0.6 is 0 Å². The zero-order valence-electron chi connectivity index (χ0n) is 16.8.